The first kappa shape index (κ1) is 14.0. The van der Waals surface area contributed by atoms with Gasteiger partial charge in [-0.05, 0) is 24.6 Å². The monoisotopic (exact) mass is 288 g/mol. The molecule has 2 N–H and O–H groups in total. The Balaban J connectivity index is 2.02. The van der Waals surface area contributed by atoms with Gasteiger partial charge in [-0.1, -0.05) is 0 Å². The molecule has 0 unspecified atom stereocenters. The average Bonchev–Trinajstić information content (AvgIpc) is 2.47. The van der Waals surface area contributed by atoms with Gasteiger partial charge in [0.2, 0.25) is 0 Å². The first-order valence-corrected chi connectivity index (χ1v) is 7.19. The van der Waals surface area contributed by atoms with Crippen molar-refractivity contribution in [3.8, 4) is 0 Å². The van der Waals surface area contributed by atoms with Gasteiger partial charge in [0, 0.05) is 32.4 Å². The van der Waals surface area contributed by atoms with Crippen LogP contribution in [0.1, 0.15) is 11.4 Å². The number of anilines is 1. The van der Waals surface area contributed by atoms with E-state index in [9.17, 15) is 4.79 Å². The summed E-state index contributed by atoms with van der Waals surface area (Å²) in [6.45, 7) is 6.06. The molecule has 0 aliphatic carbocycles. The summed E-state index contributed by atoms with van der Waals surface area (Å²) in [6.07, 6.45) is 0. The fraction of sp³-hybridized carbons (Fsp3) is 0.467. The molecule has 21 heavy (non-hydrogen) atoms. The van der Waals surface area contributed by atoms with Gasteiger partial charge in [-0.15, -0.1) is 0 Å². The lowest BCUT2D eigenvalue weighted by atomic mass is 10.1. The van der Waals surface area contributed by atoms with E-state index in [4.69, 9.17) is 4.74 Å². The van der Waals surface area contributed by atoms with Gasteiger partial charge in [-0.25, -0.2) is 4.98 Å². The Labute approximate surface area is 123 Å². The first-order chi connectivity index (χ1) is 10.2. The SMILES string of the molecule is CNc1cc2c(=O)[nH]c(C)nc2cc1CN1CCOCC1. The molecule has 1 fully saturated rings. The van der Waals surface area contributed by atoms with Crippen LogP contribution in [0.2, 0.25) is 0 Å². The van der Waals surface area contributed by atoms with Crippen molar-refractivity contribution < 1.29 is 4.74 Å². The standard InChI is InChI=1S/C15H20N4O2/c1-10-17-14-7-11(9-19-3-5-21-6-4-19)13(16-2)8-12(14)15(20)18-10/h7-8,16H,3-6,9H2,1-2H3,(H,17,18,20). The normalized spacial score (nSPS) is 16.3. The molecule has 2 heterocycles. The lowest BCUT2D eigenvalue weighted by molar-refractivity contribution is 0.0343. The van der Waals surface area contributed by atoms with Gasteiger partial charge < -0.3 is 15.0 Å². The highest BCUT2D eigenvalue weighted by molar-refractivity contribution is 5.83. The van der Waals surface area contributed by atoms with Crippen LogP contribution in [0.4, 0.5) is 5.69 Å². The summed E-state index contributed by atoms with van der Waals surface area (Å²) in [5, 5.41) is 3.80. The number of morpholine rings is 1. The molecule has 0 spiro atoms. The summed E-state index contributed by atoms with van der Waals surface area (Å²) in [5.74, 6) is 0.641. The van der Waals surface area contributed by atoms with Gasteiger partial charge in [-0.3, -0.25) is 9.69 Å². The second-order valence-corrected chi connectivity index (χ2v) is 5.32. The molecule has 0 radical (unpaired) electrons. The Hall–Kier alpha value is -1.92. The second-order valence-electron chi connectivity index (χ2n) is 5.32. The molecule has 0 saturated carbocycles. The number of nitrogens with one attached hydrogen (secondary N) is 2. The van der Waals surface area contributed by atoms with Crippen molar-refractivity contribution in [2.24, 2.45) is 0 Å². The van der Waals surface area contributed by atoms with Crippen LogP contribution in [0.5, 0.6) is 0 Å². The van der Waals surface area contributed by atoms with Crippen LogP contribution in [0.3, 0.4) is 0 Å². The molecule has 0 amide bonds. The molecule has 112 valence electrons. The molecule has 1 aromatic carbocycles. The van der Waals surface area contributed by atoms with Crippen LogP contribution >= 0.6 is 0 Å². The third-order valence-electron chi connectivity index (χ3n) is 3.82. The van der Waals surface area contributed by atoms with E-state index >= 15 is 0 Å². The predicted molar refractivity (Wildman–Crippen MR) is 82.7 cm³/mol. The predicted octanol–water partition coefficient (Wildman–Crippen LogP) is 1.11. The van der Waals surface area contributed by atoms with Gasteiger partial charge >= 0.3 is 0 Å². The van der Waals surface area contributed by atoms with Crippen LogP contribution in [0.15, 0.2) is 16.9 Å². The summed E-state index contributed by atoms with van der Waals surface area (Å²) < 4.78 is 5.38. The number of fused-ring (bicyclic) bond motifs is 1. The molecule has 1 saturated heterocycles. The van der Waals surface area contributed by atoms with Gasteiger partial charge in [0.05, 0.1) is 24.1 Å². The molecular formula is C15H20N4O2. The Kier molecular flexibility index (Phi) is 3.90. The number of aryl methyl sites for hydroxylation is 1. The minimum Gasteiger partial charge on any atom is -0.388 e. The summed E-state index contributed by atoms with van der Waals surface area (Å²) in [6, 6.07) is 3.90. The van der Waals surface area contributed by atoms with E-state index in [0.29, 0.717) is 11.2 Å². The Morgan fingerprint density at radius 1 is 1.38 bits per heavy atom. The smallest absolute Gasteiger partial charge is 0.258 e. The molecule has 1 aliphatic heterocycles. The Bertz CT molecular complexity index is 705. The van der Waals surface area contributed by atoms with Crippen molar-refractivity contribution >= 4 is 16.6 Å². The van der Waals surface area contributed by atoms with Crippen LogP contribution in [-0.4, -0.2) is 48.2 Å². The van der Waals surface area contributed by atoms with Crippen LogP contribution in [0, 0.1) is 6.92 Å². The number of hydrogen-bond acceptors (Lipinski definition) is 5. The number of nitrogens with zero attached hydrogens (tertiary/aromatic N) is 2. The van der Waals surface area contributed by atoms with Gasteiger partial charge in [0.1, 0.15) is 5.82 Å². The van der Waals surface area contributed by atoms with E-state index < -0.39 is 0 Å². The Morgan fingerprint density at radius 2 is 2.14 bits per heavy atom. The lowest BCUT2D eigenvalue weighted by Gasteiger charge is -2.27. The maximum absolute atomic E-state index is 12.0. The van der Waals surface area contributed by atoms with E-state index in [1.165, 1.54) is 0 Å². The van der Waals surface area contributed by atoms with Crippen molar-refractivity contribution in [3.63, 3.8) is 0 Å². The highest BCUT2D eigenvalue weighted by Crippen LogP contribution is 2.22. The second kappa shape index (κ2) is 5.83. The number of aromatic amines is 1. The lowest BCUT2D eigenvalue weighted by Crippen LogP contribution is -2.35. The molecule has 6 nitrogen and oxygen atoms in total. The third-order valence-corrected chi connectivity index (χ3v) is 3.82. The number of rotatable bonds is 3. The summed E-state index contributed by atoms with van der Waals surface area (Å²) in [5.41, 5.74) is 2.79. The van der Waals surface area contributed by atoms with E-state index in [0.717, 1.165) is 49.6 Å². The van der Waals surface area contributed by atoms with Crippen molar-refractivity contribution in [1.29, 1.82) is 0 Å². The van der Waals surface area contributed by atoms with Crippen molar-refractivity contribution in [1.82, 2.24) is 14.9 Å². The topological polar surface area (TPSA) is 70.2 Å². The quantitative estimate of drug-likeness (QED) is 0.885. The summed E-state index contributed by atoms with van der Waals surface area (Å²) >= 11 is 0. The fourth-order valence-electron chi connectivity index (χ4n) is 2.71. The minimum absolute atomic E-state index is 0.0908. The zero-order chi connectivity index (χ0) is 14.8. The molecular weight excluding hydrogens is 268 g/mol. The minimum atomic E-state index is -0.0908. The number of H-pyrrole nitrogens is 1. The average molecular weight is 288 g/mol. The van der Waals surface area contributed by atoms with E-state index in [1.54, 1.807) is 6.92 Å². The molecule has 0 atom stereocenters. The van der Waals surface area contributed by atoms with Crippen LogP contribution in [-0.2, 0) is 11.3 Å². The molecule has 1 aromatic heterocycles. The van der Waals surface area contributed by atoms with Crippen LogP contribution in [0.25, 0.3) is 10.9 Å². The first-order valence-electron chi connectivity index (χ1n) is 7.19. The zero-order valence-corrected chi connectivity index (χ0v) is 12.4. The molecule has 0 bridgehead atoms. The van der Waals surface area contributed by atoms with Crippen LogP contribution < -0.4 is 10.9 Å². The maximum Gasteiger partial charge on any atom is 0.258 e. The van der Waals surface area contributed by atoms with Crippen molar-refractivity contribution in [2.75, 3.05) is 38.7 Å². The van der Waals surface area contributed by atoms with E-state index in [-0.39, 0.29) is 5.56 Å². The zero-order valence-electron chi connectivity index (χ0n) is 12.4. The summed E-state index contributed by atoms with van der Waals surface area (Å²) in [4.78, 5) is 21.6. The third kappa shape index (κ3) is 2.91. The van der Waals surface area contributed by atoms with Crippen molar-refractivity contribution in [3.05, 3.63) is 33.9 Å². The number of benzene rings is 1. The maximum atomic E-state index is 12.0. The Morgan fingerprint density at radius 3 is 2.86 bits per heavy atom. The molecule has 3 rings (SSSR count). The summed E-state index contributed by atoms with van der Waals surface area (Å²) in [7, 11) is 1.87. The number of hydrogen-bond donors (Lipinski definition) is 2. The fourth-order valence-corrected chi connectivity index (χ4v) is 2.71. The molecule has 1 aliphatic rings. The van der Waals surface area contributed by atoms with Gasteiger partial charge in [0.25, 0.3) is 5.56 Å². The van der Waals surface area contributed by atoms with Gasteiger partial charge in [-0.2, -0.15) is 0 Å². The van der Waals surface area contributed by atoms with E-state index in [2.05, 4.69) is 20.2 Å². The number of ether oxygens (including phenoxy) is 1. The van der Waals surface area contributed by atoms with E-state index in [1.807, 2.05) is 19.2 Å². The van der Waals surface area contributed by atoms with Gasteiger partial charge in [0.15, 0.2) is 0 Å². The highest BCUT2D eigenvalue weighted by atomic mass is 16.5. The molecule has 6 heteroatoms. The highest BCUT2D eigenvalue weighted by Gasteiger charge is 2.14. The largest absolute Gasteiger partial charge is 0.388 e. The molecule has 2 aromatic rings. The van der Waals surface area contributed by atoms with Crippen molar-refractivity contribution in [2.45, 2.75) is 13.5 Å². The number of aromatic nitrogens is 2.